The number of ether oxygens (including phenoxy) is 1. The van der Waals surface area contributed by atoms with Crippen molar-refractivity contribution in [1.82, 2.24) is 4.90 Å². The van der Waals surface area contributed by atoms with Crippen LogP contribution in [0.15, 0.2) is 30.4 Å². The van der Waals surface area contributed by atoms with E-state index >= 15 is 0 Å². The van der Waals surface area contributed by atoms with Crippen molar-refractivity contribution in [1.29, 1.82) is 0 Å². The van der Waals surface area contributed by atoms with E-state index in [2.05, 4.69) is 24.8 Å². The van der Waals surface area contributed by atoms with Crippen LogP contribution in [0.5, 0.6) is 5.75 Å². The second-order valence-electron chi connectivity index (χ2n) is 6.96. The van der Waals surface area contributed by atoms with Crippen molar-refractivity contribution in [3.05, 3.63) is 35.9 Å². The van der Waals surface area contributed by atoms with Crippen molar-refractivity contribution < 1.29 is 29.3 Å². The lowest BCUT2D eigenvalue weighted by atomic mass is 9.95. The monoisotopic (exact) mass is 404 g/mol. The smallest absolute Gasteiger partial charge is 0.328 e. The van der Waals surface area contributed by atoms with Crippen molar-refractivity contribution in [2.75, 3.05) is 31.1 Å². The summed E-state index contributed by atoms with van der Waals surface area (Å²) in [6.07, 6.45) is 4.43. The van der Waals surface area contributed by atoms with Crippen LogP contribution in [0.25, 0.3) is 0 Å². The second kappa shape index (κ2) is 10.6. The highest BCUT2D eigenvalue weighted by molar-refractivity contribution is 5.99. The minimum absolute atomic E-state index is 0.0904. The van der Waals surface area contributed by atoms with Gasteiger partial charge in [0.25, 0.3) is 5.91 Å². The molecule has 29 heavy (non-hydrogen) atoms. The van der Waals surface area contributed by atoms with Gasteiger partial charge in [-0.15, -0.1) is 0 Å². The van der Waals surface area contributed by atoms with E-state index in [1.807, 2.05) is 17.0 Å². The van der Waals surface area contributed by atoms with Gasteiger partial charge < -0.3 is 19.8 Å². The molecule has 2 N–H and O–H groups in total. The van der Waals surface area contributed by atoms with Gasteiger partial charge in [0.15, 0.2) is 6.61 Å². The van der Waals surface area contributed by atoms with Crippen molar-refractivity contribution in [2.45, 2.75) is 39.2 Å². The van der Waals surface area contributed by atoms with E-state index in [0.29, 0.717) is 18.2 Å². The van der Waals surface area contributed by atoms with E-state index in [1.54, 1.807) is 0 Å². The number of anilines is 1. The van der Waals surface area contributed by atoms with E-state index in [4.69, 9.17) is 14.9 Å². The summed E-state index contributed by atoms with van der Waals surface area (Å²) in [4.78, 5) is 35.8. The number of carboxylic acids is 2. The number of carbonyl (C=O) groups is 3. The van der Waals surface area contributed by atoms with Gasteiger partial charge in [-0.3, -0.25) is 9.69 Å². The van der Waals surface area contributed by atoms with E-state index < -0.39 is 11.9 Å². The number of aliphatic carboxylic acids is 2. The highest BCUT2D eigenvalue weighted by Gasteiger charge is 2.35. The van der Waals surface area contributed by atoms with E-state index in [0.717, 1.165) is 50.3 Å². The molecule has 1 unspecified atom stereocenters. The molecule has 3 rings (SSSR count). The normalized spacial score (nSPS) is 17.4. The fourth-order valence-corrected chi connectivity index (χ4v) is 3.66. The molecule has 0 radical (unpaired) electrons. The number of carbonyl (C=O) groups excluding carboxylic acids is 1. The molecular weight excluding hydrogens is 376 g/mol. The number of benzene rings is 1. The average molecular weight is 404 g/mol. The molecule has 1 aromatic rings. The zero-order chi connectivity index (χ0) is 21.4. The third-order valence-electron chi connectivity index (χ3n) is 4.76. The average Bonchev–Trinajstić information content (AvgIpc) is 2.69. The van der Waals surface area contributed by atoms with Gasteiger partial charge in [-0.25, -0.2) is 9.59 Å². The topological polar surface area (TPSA) is 107 Å². The molecule has 0 saturated heterocycles. The number of carboxylic acid groups (broad SMARTS) is 2. The molecule has 0 aliphatic carbocycles. The maximum absolute atomic E-state index is 12.2. The maximum atomic E-state index is 12.2. The molecule has 2 aliphatic heterocycles. The van der Waals surface area contributed by atoms with Crippen molar-refractivity contribution in [3.63, 3.8) is 0 Å². The standard InChI is InChI=1S/C17H24N2O2.C4H4O4/c1-3-8-18(9-4-2)14-10-13-6-5-7-15-17(13)19(11-14)16(20)12-21-15;5-3(6)1-2-4(7)8/h5-7,14H,3-4,8-12H2,1-2H3;1-2H,(H,5,6)(H,7,8)/b;2-1+. The summed E-state index contributed by atoms with van der Waals surface area (Å²) < 4.78 is 5.57. The molecular formula is C21H28N2O6. The lowest BCUT2D eigenvalue weighted by molar-refractivity contribution is -0.134. The van der Waals surface area contributed by atoms with E-state index in [9.17, 15) is 14.4 Å². The lowest BCUT2D eigenvalue weighted by Crippen LogP contribution is -2.53. The molecule has 1 amide bonds. The van der Waals surface area contributed by atoms with Crippen molar-refractivity contribution in [3.8, 4) is 5.75 Å². The van der Waals surface area contributed by atoms with Gasteiger partial charge in [-0.05, 0) is 44.0 Å². The fraction of sp³-hybridized carbons (Fsp3) is 0.476. The summed E-state index contributed by atoms with van der Waals surface area (Å²) in [5, 5.41) is 15.6. The fourth-order valence-electron chi connectivity index (χ4n) is 3.66. The van der Waals surface area contributed by atoms with Gasteiger partial charge in [0, 0.05) is 24.7 Å². The minimum atomic E-state index is -1.26. The molecule has 2 heterocycles. The van der Waals surface area contributed by atoms with Crippen LogP contribution < -0.4 is 9.64 Å². The summed E-state index contributed by atoms with van der Waals surface area (Å²) in [7, 11) is 0. The Morgan fingerprint density at radius 2 is 1.79 bits per heavy atom. The summed E-state index contributed by atoms with van der Waals surface area (Å²) in [5.41, 5.74) is 2.26. The number of hydrogen-bond acceptors (Lipinski definition) is 5. The molecule has 0 fully saturated rings. The van der Waals surface area contributed by atoms with Gasteiger partial charge in [-0.2, -0.15) is 0 Å². The zero-order valence-corrected chi connectivity index (χ0v) is 16.8. The molecule has 0 spiro atoms. The molecule has 2 aliphatic rings. The molecule has 0 saturated carbocycles. The van der Waals surface area contributed by atoms with Crippen LogP contribution in [0.1, 0.15) is 32.3 Å². The Bertz CT molecular complexity index is 754. The highest BCUT2D eigenvalue weighted by Crippen LogP contribution is 2.39. The maximum Gasteiger partial charge on any atom is 0.328 e. The van der Waals surface area contributed by atoms with Crippen LogP contribution in [0.4, 0.5) is 5.69 Å². The summed E-state index contributed by atoms with van der Waals surface area (Å²) in [6.45, 7) is 7.61. The molecule has 8 heteroatoms. The van der Waals surface area contributed by atoms with Crippen LogP contribution in [0.3, 0.4) is 0 Å². The predicted octanol–water partition coefficient (Wildman–Crippen LogP) is 2.17. The largest absolute Gasteiger partial charge is 0.482 e. The Hall–Kier alpha value is -2.87. The second-order valence-corrected chi connectivity index (χ2v) is 6.96. The first-order chi connectivity index (χ1) is 13.9. The highest BCUT2D eigenvalue weighted by atomic mass is 16.5. The van der Waals surface area contributed by atoms with Crippen LogP contribution >= 0.6 is 0 Å². The number of nitrogens with zero attached hydrogens (tertiary/aromatic N) is 2. The molecule has 1 atom stereocenters. The summed E-state index contributed by atoms with van der Waals surface area (Å²) in [6, 6.07) is 6.56. The Labute approximate surface area is 170 Å². The molecule has 0 aromatic heterocycles. The first-order valence-electron chi connectivity index (χ1n) is 9.80. The number of rotatable bonds is 7. The van der Waals surface area contributed by atoms with Crippen molar-refractivity contribution in [2.24, 2.45) is 0 Å². The van der Waals surface area contributed by atoms with Gasteiger partial charge in [0.05, 0.1) is 5.69 Å². The Balaban J connectivity index is 0.000000321. The Kier molecular flexibility index (Phi) is 8.21. The van der Waals surface area contributed by atoms with Crippen LogP contribution in [0.2, 0.25) is 0 Å². The first-order valence-corrected chi connectivity index (χ1v) is 9.80. The lowest BCUT2D eigenvalue weighted by Gasteiger charge is -2.42. The number of hydrogen-bond donors (Lipinski definition) is 2. The van der Waals surface area contributed by atoms with Gasteiger partial charge >= 0.3 is 11.9 Å². The molecule has 8 nitrogen and oxygen atoms in total. The number of amides is 1. The summed E-state index contributed by atoms with van der Waals surface area (Å²) >= 11 is 0. The zero-order valence-electron chi connectivity index (χ0n) is 16.8. The van der Waals surface area contributed by atoms with Crippen LogP contribution in [-0.4, -0.2) is 65.2 Å². The van der Waals surface area contributed by atoms with Gasteiger partial charge in [0.2, 0.25) is 0 Å². The number of para-hydroxylation sites is 1. The summed E-state index contributed by atoms with van der Waals surface area (Å²) in [5.74, 6) is -1.56. The van der Waals surface area contributed by atoms with Crippen molar-refractivity contribution >= 4 is 23.5 Å². The SMILES string of the molecule is CCCN(CCC)C1Cc2cccc3c2N(C1)C(=O)CO3.O=C(O)/C=C/C(=O)O. The quantitative estimate of drug-likeness (QED) is 0.671. The third-order valence-corrected chi connectivity index (χ3v) is 4.76. The Morgan fingerprint density at radius 1 is 1.17 bits per heavy atom. The van der Waals surface area contributed by atoms with Gasteiger partial charge in [0.1, 0.15) is 5.75 Å². The van der Waals surface area contributed by atoms with E-state index in [1.165, 1.54) is 5.56 Å². The predicted molar refractivity (Wildman–Crippen MR) is 108 cm³/mol. The van der Waals surface area contributed by atoms with Crippen LogP contribution in [-0.2, 0) is 20.8 Å². The third kappa shape index (κ3) is 6.05. The molecule has 1 aromatic carbocycles. The first kappa shape index (κ1) is 22.4. The Morgan fingerprint density at radius 3 is 2.34 bits per heavy atom. The van der Waals surface area contributed by atoms with Crippen LogP contribution in [0, 0.1) is 0 Å². The molecule has 0 bridgehead atoms. The minimum Gasteiger partial charge on any atom is -0.482 e. The molecule has 158 valence electrons. The van der Waals surface area contributed by atoms with Gasteiger partial charge in [-0.1, -0.05) is 26.0 Å². The van der Waals surface area contributed by atoms with E-state index in [-0.39, 0.29) is 12.5 Å².